The van der Waals surface area contributed by atoms with Crippen molar-refractivity contribution >= 4 is 0 Å². The van der Waals surface area contributed by atoms with E-state index in [2.05, 4.69) is 6.07 Å². The molecule has 2 N–H and O–H groups in total. The van der Waals surface area contributed by atoms with Gasteiger partial charge in [0.15, 0.2) is 0 Å². The van der Waals surface area contributed by atoms with E-state index in [0.717, 1.165) is 25.0 Å². The van der Waals surface area contributed by atoms with Crippen LogP contribution in [0.5, 0.6) is 5.75 Å². The van der Waals surface area contributed by atoms with Crippen molar-refractivity contribution in [1.82, 2.24) is 0 Å². The summed E-state index contributed by atoms with van der Waals surface area (Å²) in [5, 5.41) is 0. The molecule has 3 heteroatoms. The molecule has 0 spiro atoms. The van der Waals surface area contributed by atoms with Crippen LogP contribution in [0.4, 0.5) is 4.39 Å². The van der Waals surface area contributed by atoms with Gasteiger partial charge in [-0.25, -0.2) is 4.39 Å². The standard InChI is InChI=1S/C16H22FNO/c17-16(8-5-13(18)6-9-16)11-12-7-10-19-15-4-2-1-3-14(12)15/h1-4,12-13H,5-11,18H2. The van der Waals surface area contributed by atoms with Crippen molar-refractivity contribution in [2.45, 2.75) is 56.2 Å². The Balaban J connectivity index is 1.74. The number of nitrogens with two attached hydrogens (primary N) is 1. The van der Waals surface area contributed by atoms with Crippen LogP contribution in [0.25, 0.3) is 0 Å². The van der Waals surface area contributed by atoms with Gasteiger partial charge in [0.05, 0.1) is 6.61 Å². The zero-order valence-corrected chi connectivity index (χ0v) is 11.3. The number of hydrogen-bond donors (Lipinski definition) is 1. The summed E-state index contributed by atoms with van der Waals surface area (Å²) in [7, 11) is 0. The van der Waals surface area contributed by atoms with Gasteiger partial charge in [-0.3, -0.25) is 0 Å². The Morgan fingerprint density at radius 2 is 1.95 bits per heavy atom. The average Bonchev–Trinajstić information content (AvgIpc) is 2.43. The number of alkyl halides is 1. The van der Waals surface area contributed by atoms with Gasteiger partial charge < -0.3 is 10.5 Å². The fourth-order valence-corrected chi connectivity index (χ4v) is 3.43. The van der Waals surface area contributed by atoms with Crippen LogP contribution in [0.1, 0.15) is 50.0 Å². The van der Waals surface area contributed by atoms with E-state index in [-0.39, 0.29) is 6.04 Å². The first-order valence-electron chi connectivity index (χ1n) is 7.32. The molecule has 19 heavy (non-hydrogen) atoms. The topological polar surface area (TPSA) is 35.2 Å². The summed E-state index contributed by atoms with van der Waals surface area (Å²) in [6, 6.07) is 8.26. The van der Waals surface area contributed by atoms with Gasteiger partial charge in [0, 0.05) is 6.04 Å². The molecule has 1 aromatic rings. The zero-order valence-electron chi connectivity index (χ0n) is 11.3. The van der Waals surface area contributed by atoms with Crippen LogP contribution in [0, 0.1) is 0 Å². The monoisotopic (exact) mass is 263 g/mol. The van der Waals surface area contributed by atoms with Gasteiger partial charge in [-0.05, 0) is 56.1 Å². The molecule has 0 radical (unpaired) electrons. The van der Waals surface area contributed by atoms with E-state index >= 15 is 0 Å². The largest absolute Gasteiger partial charge is 0.493 e. The van der Waals surface area contributed by atoms with Crippen LogP contribution in [-0.2, 0) is 0 Å². The van der Waals surface area contributed by atoms with E-state index < -0.39 is 5.67 Å². The van der Waals surface area contributed by atoms with Gasteiger partial charge in [0.1, 0.15) is 11.4 Å². The first-order valence-corrected chi connectivity index (χ1v) is 7.32. The zero-order chi connectivity index (χ0) is 13.3. The first kappa shape index (κ1) is 12.9. The van der Waals surface area contributed by atoms with Crippen molar-refractivity contribution in [3.63, 3.8) is 0 Å². The van der Waals surface area contributed by atoms with Crippen LogP contribution >= 0.6 is 0 Å². The molecular weight excluding hydrogens is 241 g/mol. The summed E-state index contributed by atoms with van der Waals surface area (Å²) in [5.74, 6) is 1.24. The fraction of sp³-hybridized carbons (Fsp3) is 0.625. The van der Waals surface area contributed by atoms with Gasteiger partial charge in [-0.15, -0.1) is 0 Å². The number of ether oxygens (including phenoxy) is 1. The molecule has 3 rings (SSSR count). The van der Waals surface area contributed by atoms with E-state index in [1.165, 1.54) is 5.56 Å². The Hall–Kier alpha value is -1.09. The van der Waals surface area contributed by atoms with Gasteiger partial charge in [0.2, 0.25) is 0 Å². The van der Waals surface area contributed by atoms with Crippen molar-refractivity contribution in [1.29, 1.82) is 0 Å². The summed E-state index contributed by atoms with van der Waals surface area (Å²) in [4.78, 5) is 0. The summed E-state index contributed by atoms with van der Waals surface area (Å²) in [6.07, 6.45) is 4.43. The molecule has 2 aliphatic rings. The second-order valence-electron chi connectivity index (χ2n) is 6.06. The first-order chi connectivity index (χ1) is 9.16. The van der Waals surface area contributed by atoms with Crippen LogP contribution in [-0.4, -0.2) is 18.3 Å². The third-order valence-electron chi connectivity index (χ3n) is 4.62. The molecule has 1 aromatic carbocycles. The number of fused-ring (bicyclic) bond motifs is 1. The average molecular weight is 263 g/mol. The highest BCUT2D eigenvalue weighted by molar-refractivity contribution is 5.38. The minimum Gasteiger partial charge on any atom is -0.493 e. The maximum atomic E-state index is 14.9. The molecule has 1 heterocycles. The number of para-hydroxylation sites is 1. The van der Waals surface area contributed by atoms with Crippen LogP contribution in [0.2, 0.25) is 0 Å². The Labute approximate surface area is 114 Å². The molecule has 2 nitrogen and oxygen atoms in total. The molecule has 1 unspecified atom stereocenters. The van der Waals surface area contributed by atoms with Crippen molar-refractivity contribution in [2.75, 3.05) is 6.61 Å². The highest BCUT2D eigenvalue weighted by atomic mass is 19.1. The normalized spacial score (nSPS) is 34.4. The lowest BCUT2D eigenvalue weighted by atomic mass is 9.75. The van der Waals surface area contributed by atoms with Gasteiger partial charge in [-0.2, -0.15) is 0 Å². The molecule has 1 aliphatic carbocycles. The Morgan fingerprint density at radius 1 is 1.21 bits per heavy atom. The van der Waals surface area contributed by atoms with E-state index in [4.69, 9.17) is 10.5 Å². The molecule has 0 saturated heterocycles. The Bertz CT molecular complexity index is 440. The summed E-state index contributed by atoms with van der Waals surface area (Å²) in [5.41, 5.74) is 6.04. The van der Waals surface area contributed by atoms with Crippen LogP contribution in [0.3, 0.4) is 0 Å². The van der Waals surface area contributed by atoms with E-state index in [0.29, 0.717) is 31.8 Å². The molecule has 104 valence electrons. The number of rotatable bonds is 2. The summed E-state index contributed by atoms with van der Waals surface area (Å²) in [6.45, 7) is 0.706. The smallest absolute Gasteiger partial charge is 0.122 e. The molecule has 1 atom stereocenters. The van der Waals surface area contributed by atoms with Gasteiger partial charge in [-0.1, -0.05) is 18.2 Å². The maximum Gasteiger partial charge on any atom is 0.122 e. The molecule has 0 amide bonds. The van der Waals surface area contributed by atoms with E-state index in [9.17, 15) is 4.39 Å². The highest BCUT2D eigenvalue weighted by Crippen LogP contribution is 2.44. The lowest BCUT2D eigenvalue weighted by Crippen LogP contribution is -2.37. The number of hydrogen-bond acceptors (Lipinski definition) is 2. The quantitative estimate of drug-likeness (QED) is 0.885. The fourth-order valence-electron chi connectivity index (χ4n) is 3.43. The minimum atomic E-state index is -1.02. The predicted molar refractivity (Wildman–Crippen MR) is 74.2 cm³/mol. The minimum absolute atomic E-state index is 0.200. The maximum absolute atomic E-state index is 14.9. The summed E-state index contributed by atoms with van der Waals surface area (Å²) < 4.78 is 20.6. The molecule has 0 bridgehead atoms. The third kappa shape index (κ3) is 2.76. The second kappa shape index (κ2) is 5.12. The van der Waals surface area contributed by atoms with E-state index in [1.54, 1.807) is 0 Å². The van der Waals surface area contributed by atoms with Crippen molar-refractivity contribution < 1.29 is 9.13 Å². The molecule has 0 aromatic heterocycles. The second-order valence-corrected chi connectivity index (χ2v) is 6.06. The Kier molecular flexibility index (Phi) is 3.48. The molecular formula is C16H22FNO. The lowest BCUT2D eigenvalue weighted by Gasteiger charge is -2.36. The molecule has 1 saturated carbocycles. The number of halogens is 1. The SMILES string of the molecule is NC1CCC(F)(CC2CCOc3ccccc32)CC1. The van der Waals surface area contributed by atoms with Gasteiger partial charge in [0.25, 0.3) is 0 Å². The summed E-state index contributed by atoms with van der Waals surface area (Å²) >= 11 is 0. The van der Waals surface area contributed by atoms with E-state index in [1.807, 2.05) is 18.2 Å². The molecule has 1 aliphatic heterocycles. The highest BCUT2D eigenvalue weighted by Gasteiger charge is 2.38. The van der Waals surface area contributed by atoms with Crippen LogP contribution in [0.15, 0.2) is 24.3 Å². The predicted octanol–water partition coefficient (Wildman–Crippen LogP) is 3.55. The van der Waals surface area contributed by atoms with Crippen molar-refractivity contribution in [3.8, 4) is 5.75 Å². The molecule has 1 fully saturated rings. The van der Waals surface area contributed by atoms with Crippen LogP contribution < -0.4 is 10.5 Å². The number of benzene rings is 1. The van der Waals surface area contributed by atoms with Crippen molar-refractivity contribution in [2.24, 2.45) is 5.73 Å². The lowest BCUT2D eigenvalue weighted by molar-refractivity contribution is 0.0740. The third-order valence-corrected chi connectivity index (χ3v) is 4.62. The van der Waals surface area contributed by atoms with Gasteiger partial charge >= 0.3 is 0 Å². The Morgan fingerprint density at radius 3 is 2.74 bits per heavy atom. The van der Waals surface area contributed by atoms with Crippen molar-refractivity contribution in [3.05, 3.63) is 29.8 Å².